The van der Waals surface area contributed by atoms with Crippen LogP contribution in [0.3, 0.4) is 0 Å². The third-order valence-electron chi connectivity index (χ3n) is 2.25. The van der Waals surface area contributed by atoms with Crippen molar-refractivity contribution < 1.29 is 0 Å². The van der Waals surface area contributed by atoms with E-state index in [0.29, 0.717) is 5.78 Å². The van der Waals surface area contributed by atoms with Gasteiger partial charge in [-0.15, -0.1) is 0 Å². The third kappa shape index (κ3) is 1.61. The maximum Gasteiger partial charge on any atom is 0.234 e. The van der Waals surface area contributed by atoms with Crippen LogP contribution in [-0.2, 0) is 5.41 Å². The van der Waals surface area contributed by atoms with Crippen molar-refractivity contribution in [2.45, 2.75) is 19.3 Å². The average Bonchev–Trinajstić information content (AvgIpc) is 2.60. The number of hydrogen-bond donors (Lipinski definition) is 0. The van der Waals surface area contributed by atoms with Gasteiger partial charge in [0.15, 0.2) is 0 Å². The Morgan fingerprint density at radius 3 is 2.93 bits per heavy atom. The molecular formula is C10H9BrN4. The molecule has 2 aromatic rings. The van der Waals surface area contributed by atoms with Gasteiger partial charge in [-0.05, 0) is 35.8 Å². The van der Waals surface area contributed by atoms with Gasteiger partial charge < -0.3 is 0 Å². The minimum Gasteiger partial charge on any atom is -0.278 e. The first-order chi connectivity index (χ1) is 7.04. The fourth-order valence-corrected chi connectivity index (χ4v) is 1.63. The maximum atomic E-state index is 9.00. The fraction of sp³-hybridized carbons (Fsp3) is 0.300. The van der Waals surface area contributed by atoms with Crippen LogP contribution < -0.4 is 0 Å². The topological polar surface area (TPSA) is 54.0 Å². The van der Waals surface area contributed by atoms with Crippen molar-refractivity contribution in [1.29, 1.82) is 5.26 Å². The van der Waals surface area contributed by atoms with Crippen LogP contribution in [0, 0.1) is 11.3 Å². The SMILES string of the molecule is CC(C)(C#N)c1ccn2c(Br)cnc2n1. The van der Waals surface area contributed by atoms with E-state index in [4.69, 9.17) is 5.26 Å². The quantitative estimate of drug-likeness (QED) is 0.794. The van der Waals surface area contributed by atoms with Gasteiger partial charge in [0.25, 0.3) is 0 Å². The van der Waals surface area contributed by atoms with Crippen LogP contribution in [0.2, 0.25) is 0 Å². The summed E-state index contributed by atoms with van der Waals surface area (Å²) in [4.78, 5) is 8.46. The number of halogens is 1. The molecule has 0 aliphatic heterocycles. The second kappa shape index (κ2) is 3.31. The Hall–Kier alpha value is -1.41. The summed E-state index contributed by atoms with van der Waals surface area (Å²) in [5.74, 6) is 0.600. The molecule has 76 valence electrons. The van der Waals surface area contributed by atoms with Crippen LogP contribution in [0.25, 0.3) is 5.78 Å². The highest BCUT2D eigenvalue weighted by Crippen LogP contribution is 2.21. The molecule has 0 bridgehead atoms. The molecule has 15 heavy (non-hydrogen) atoms. The molecule has 4 nitrogen and oxygen atoms in total. The molecule has 0 fully saturated rings. The number of fused-ring (bicyclic) bond motifs is 1. The lowest BCUT2D eigenvalue weighted by Gasteiger charge is -2.13. The van der Waals surface area contributed by atoms with E-state index in [1.165, 1.54) is 0 Å². The van der Waals surface area contributed by atoms with Crippen molar-refractivity contribution in [3.8, 4) is 6.07 Å². The Kier molecular flexibility index (Phi) is 2.24. The zero-order chi connectivity index (χ0) is 11.1. The van der Waals surface area contributed by atoms with Crippen LogP contribution in [-0.4, -0.2) is 14.4 Å². The predicted molar refractivity (Wildman–Crippen MR) is 59.3 cm³/mol. The monoisotopic (exact) mass is 264 g/mol. The molecule has 0 aliphatic rings. The van der Waals surface area contributed by atoms with Gasteiger partial charge in [-0.1, -0.05) is 0 Å². The van der Waals surface area contributed by atoms with Crippen molar-refractivity contribution in [1.82, 2.24) is 14.4 Å². The van der Waals surface area contributed by atoms with E-state index < -0.39 is 5.41 Å². The van der Waals surface area contributed by atoms with Gasteiger partial charge >= 0.3 is 0 Å². The van der Waals surface area contributed by atoms with E-state index in [0.717, 1.165) is 10.3 Å². The fourth-order valence-electron chi connectivity index (χ4n) is 1.25. The second-order valence-corrected chi connectivity index (χ2v) is 4.61. The maximum absolute atomic E-state index is 9.00. The largest absolute Gasteiger partial charge is 0.278 e. The zero-order valence-corrected chi connectivity index (χ0v) is 9.98. The van der Waals surface area contributed by atoms with E-state index in [9.17, 15) is 0 Å². The minimum atomic E-state index is -0.583. The van der Waals surface area contributed by atoms with Crippen molar-refractivity contribution in [3.05, 3.63) is 28.8 Å². The molecule has 0 unspecified atom stereocenters. The molecule has 0 aromatic carbocycles. The minimum absolute atomic E-state index is 0.583. The Morgan fingerprint density at radius 1 is 1.53 bits per heavy atom. The Labute approximate surface area is 95.7 Å². The summed E-state index contributed by atoms with van der Waals surface area (Å²) in [5, 5.41) is 9.00. The molecular weight excluding hydrogens is 256 g/mol. The summed E-state index contributed by atoms with van der Waals surface area (Å²) in [5.41, 5.74) is 0.149. The molecule has 0 amide bonds. The number of nitrogens with zero attached hydrogens (tertiary/aromatic N) is 4. The molecule has 2 aromatic heterocycles. The molecule has 0 radical (unpaired) electrons. The van der Waals surface area contributed by atoms with E-state index in [2.05, 4.69) is 32.0 Å². The molecule has 0 spiro atoms. The van der Waals surface area contributed by atoms with E-state index in [1.54, 1.807) is 6.20 Å². The van der Waals surface area contributed by atoms with Crippen LogP contribution in [0.15, 0.2) is 23.1 Å². The first kappa shape index (κ1) is 10.1. The number of imidazole rings is 1. The molecule has 0 saturated carbocycles. The number of nitriles is 1. The lowest BCUT2D eigenvalue weighted by atomic mass is 9.91. The number of hydrogen-bond acceptors (Lipinski definition) is 3. The van der Waals surface area contributed by atoms with Crippen LogP contribution in [0.4, 0.5) is 0 Å². The normalized spacial score (nSPS) is 11.6. The summed E-state index contributed by atoms with van der Waals surface area (Å²) in [7, 11) is 0. The summed E-state index contributed by atoms with van der Waals surface area (Å²) in [6, 6.07) is 4.05. The van der Waals surface area contributed by atoms with Gasteiger partial charge in [0.2, 0.25) is 5.78 Å². The molecule has 2 heterocycles. The lowest BCUT2D eigenvalue weighted by molar-refractivity contribution is 0.658. The standard InChI is InChI=1S/C10H9BrN4/c1-10(2,6-12)7-3-4-15-8(11)5-13-9(15)14-7/h3-5H,1-2H3. The zero-order valence-electron chi connectivity index (χ0n) is 8.40. The second-order valence-electron chi connectivity index (χ2n) is 3.80. The van der Waals surface area contributed by atoms with Gasteiger partial charge in [-0.25, -0.2) is 9.97 Å². The first-order valence-corrected chi connectivity index (χ1v) is 5.25. The van der Waals surface area contributed by atoms with E-state index >= 15 is 0 Å². The molecule has 0 N–H and O–H groups in total. The number of rotatable bonds is 1. The predicted octanol–water partition coefficient (Wildman–Crippen LogP) is 2.29. The molecule has 5 heteroatoms. The van der Waals surface area contributed by atoms with Crippen molar-refractivity contribution in [3.63, 3.8) is 0 Å². The van der Waals surface area contributed by atoms with E-state index in [1.807, 2.05) is 30.5 Å². The molecule has 2 rings (SSSR count). The van der Waals surface area contributed by atoms with Gasteiger partial charge in [0.1, 0.15) is 4.60 Å². The van der Waals surface area contributed by atoms with Crippen molar-refractivity contribution in [2.24, 2.45) is 0 Å². The summed E-state index contributed by atoms with van der Waals surface area (Å²) in [6.07, 6.45) is 3.54. The highest BCUT2D eigenvalue weighted by molar-refractivity contribution is 9.10. The number of aromatic nitrogens is 3. The van der Waals surface area contributed by atoms with Gasteiger partial charge in [-0.3, -0.25) is 4.40 Å². The molecule has 0 saturated heterocycles. The van der Waals surface area contributed by atoms with Crippen LogP contribution >= 0.6 is 15.9 Å². The third-order valence-corrected chi connectivity index (χ3v) is 2.84. The summed E-state index contributed by atoms with van der Waals surface area (Å²) >= 11 is 3.35. The highest BCUT2D eigenvalue weighted by atomic mass is 79.9. The van der Waals surface area contributed by atoms with Gasteiger partial charge in [0, 0.05) is 6.20 Å². The smallest absolute Gasteiger partial charge is 0.234 e. The van der Waals surface area contributed by atoms with E-state index in [-0.39, 0.29) is 0 Å². The summed E-state index contributed by atoms with van der Waals surface area (Å²) in [6.45, 7) is 3.67. The Morgan fingerprint density at radius 2 is 2.27 bits per heavy atom. The highest BCUT2D eigenvalue weighted by Gasteiger charge is 2.22. The lowest BCUT2D eigenvalue weighted by Crippen LogP contribution is -2.16. The molecule has 0 atom stereocenters. The summed E-state index contributed by atoms with van der Waals surface area (Å²) < 4.78 is 2.67. The van der Waals surface area contributed by atoms with Crippen LogP contribution in [0.1, 0.15) is 19.5 Å². The van der Waals surface area contributed by atoms with Crippen molar-refractivity contribution >= 4 is 21.7 Å². The van der Waals surface area contributed by atoms with Crippen LogP contribution in [0.5, 0.6) is 0 Å². The van der Waals surface area contributed by atoms with Gasteiger partial charge in [0.05, 0.1) is 23.4 Å². The first-order valence-electron chi connectivity index (χ1n) is 4.46. The van der Waals surface area contributed by atoms with Crippen molar-refractivity contribution in [2.75, 3.05) is 0 Å². The Bertz CT molecular complexity index is 550. The average molecular weight is 265 g/mol. The molecule has 0 aliphatic carbocycles. The Balaban J connectivity index is 2.63. The van der Waals surface area contributed by atoms with Gasteiger partial charge in [-0.2, -0.15) is 5.26 Å².